The fraction of sp³-hybridized carbons (Fsp3) is 0. The van der Waals surface area contributed by atoms with E-state index in [4.69, 9.17) is 14.1 Å². The van der Waals surface area contributed by atoms with E-state index in [-0.39, 0.29) is 40.7 Å². The van der Waals surface area contributed by atoms with E-state index in [1.165, 1.54) is 0 Å². The van der Waals surface area contributed by atoms with Gasteiger partial charge < -0.3 is 27.5 Å². The Kier molecular flexibility index (Phi) is 57.8. The Balaban J connectivity index is -0.0000000150. The first-order valence-corrected chi connectivity index (χ1v) is 1.84. The van der Waals surface area contributed by atoms with Crippen LogP contribution in [0, 0.1) is 0 Å². The minimum absolute atomic E-state index is 0. The Morgan fingerprint density at radius 2 is 1.29 bits per heavy atom. The first-order chi connectivity index (χ1) is 1.73. The van der Waals surface area contributed by atoms with Gasteiger partial charge in [-0.05, 0) is 0 Å². The predicted molar refractivity (Wildman–Crippen MR) is 19.6 cm³/mol. The van der Waals surface area contributed by atoms with Crippen LogP contribution in [0.4, 0.5) is 0 Å². The van der Waals surface area contributed by atoms with Crippen molar-refractivity contribution in [2.24, 2.45) is 0 Å². The summed E-state index contributed by atoms with van der Waals surface area (Å²) in [5, 5.41) is 0. The molecule has 0 aliphatic carbocycles. The molecule has 37 valence electrons. The molecule has 0 rings (SSSR count). The minimum Gasteiger partial charge on any atom is -2.00 e. The number of rotatable bonds is 0. The van der Waals surface area contributed by atoms with Crippen LogP contribution in [-0.4, -0.2) is 19.3 Å². The fourth-order valence-corrected chi connectivity index (χ4v) is 0. The van der Waals surface area contributed by atoms with E-state index in [9.17, 15) is 0 Å². The van der Waals surface area contributed by atoms with Gasteiger partial charge in [-0.1, -0.05) is 0 Å². The van der Waals surface area contributed by atoms with Crippen LogP contribution >= 0.6 is 0 Å². The van der Waals surface area contributed by atoms with E-state index in [1.54, 1.807) is 0 Å². The summed E-state index contributed by atoms with van der Waals surface area (Å²) in [5.74, 6) is 0. The maximum Gasteiger partial charge on any atom is 2.00 e. The SMILES string of the molecule is O=[Si]([O-])[O-].[Be+2].[Mn+2].[S-2]. The van der Waals surface area contributed by atoms with Gasteiger partial charge in [0.15, 0.2) is 0 Å². The molecular weight excluding hydrogens is 172 g/mol. The first kappa shape index (κ1) is 25.4. The molecule has 0 saturated heterocycles. The van der Waals surface area contributed by atoms with Crippen LogP contribution in [0.5, 0.6) is 0 Å². The first-order valence-electron chi connectivity index (χ1n) is 0.612. The molecule has 0 atom stereocenters. The molecule has 0 aliphatic rings. The second-order valence-corrected chi connectivity index (χ2v) is 0.750. The van der Waals surface area contributed by atoms with Gasteiger partial charge in [-0.2, -0.15) is 0 Å². The van der Waals surface area contributed by atoms with Gasteiger partial charge in [0.25, 0.3) is 0 Å². The van der Waals surface area contributed by atoms with Crippen molar-refractivity contribution in [2.75, 3.05) is 0 Å². The van der Waals surface area contributed by atoms with E-state index in [0.29, 0.717) is 0 Å². The van der Waals surface area contributed by atoms with Crippen molar-refractivity contribution in [3.8, 4) is 0 Å². The normalized spacial score (nSPS) is 3.43. The Morgan fingerprint density at radius 3 is 1.29 bits per heavy atom. The standard InChI is InChI=1S/Be.Mn.O3Si.S/c;;1-4(2)3;/q2*+2;2*-2. The largest absolute Gasteiger partial charge is 2.00 e. The summed E-state index contributed by atoms with van der Waals surface area (Å²) < 4.78 is 8.52. The third-order valence-corrected chi connectivity index (χ3v) is 0. The number of hydrogen-bond acceptors (Lipinski definition) is 3. The van der Waals surface area contributed by atoms with Gasteiger partial charge in [0, 0.05) is 9.17 Å². The maximum absolute atomic E-state index is 8.52. The molecule has 0 unspecified atom stereocenters. The molecular formula is BeMnO3SSi. The minimum atomic E-state index is -3.63. The summed E-state index contributed by atoms with van der Waals surface area (Å²) >= 11 is 0. The topological polar surface area (TPSA) is 63.2 Å². The molecule has 0 aromatic heterocycles. The van der Waals surface area contributed by atoms with E-state index in [0.717, 1.165) is 0 Å². The summed E-state index contributed by atoms with van der Waals surface area (Å²) in [6.45, 7) is 0. The van der Waals surface area contributed by atoms with Gasteiger partial charge in [-0.3, -0.25) is 0 Å². The second kappa shape index (κ2) is 15.9. The third kappa shape index (κ3) is 336. The van der Waals surface area contributed by atoms with E-state index in [1.807, 2.05) is 0 Å². The summed E-state index contributed by atoms with van der Waals surface area (Å²) in [7, 11) is -3.63. The van der Waals surface area contributed by atoms with Crippen LogP contribution < -0.4 is 9.59 Å². The van der Waals surface area contributed by atoms with Crippen molar-refractivity contribution in [3.05, 3.63) is 0 Å². The molecule has 0 N–H and O–H groups in total. The molecule has 0 aromatic carbocycles. The Bertz CT molecular complexity index is 37.9. The van der Waals surface area contributed by atoms with Crippen LogP contribution in [0.3, 0.4) is 0 Å². The molecule has 0 heterocycles. The van der Waals surface area contributed by atoms with Gasteiger partial charge in [0.2, 0.25) is 0 Å². The predicted octanol–water partition coefficient (Wildman–Crippen LogP) is -3.26. The van der Waals surface area contributed by atoms with Crippen LogP contribution in [0.1, 0.15) is 0 Å². The average molecular weight is 172 g/mol. The Hall–Kier alpha value is 0.655. The molecule has 0 fully saturated rings. The van der Waals surface area contributed by atoms with Crippen molar-refractivity contribution in [3.63, 3.8) is 0 Å². The van der Waals surface area contributed by atoms with Crippen molar-refractivity contribution >= 4 is 32.8 Å². The summed E-state index contributed by atoms with van der Waals surface area (Å²) in [6.07, 6.45) is 0. The molecule has 3 nitrogen and oxygen atoms in total. The van der Waals surface area contributed by atoms with Crippen molar-refractivity contribution in [2.45, 2.75) is 0 Å². The Morgan fingerprint density at radius 1 is 1.29 bits per heavy atom. The monoisotopic (exact) mass is 172 g/mol. The van der Waals surface area contributed by atoms with Crippen LogP contribution in [0.25, 0.3) is 0 Å². The molecule has 0 spiro atoms. The van der Waals surface area contributed by atoms with Crippen LogP contribution in [-0.2, 0) is 35.0 Å². The summed E-state index contributed by atoms with van der Waals surface area (Å²) in [4.78, 5) is 17.0. The molecule has 0 saturated carbocycles. The van der Waals surface area contributed by atoms with Crippen molar-refractivity contribution in [1.82, 2.24) is 0 Å². The smallest absolute Gasteiger partial charge is 2.00 e. The molecule has 0 amide bonds. The zero-order valence-corrected chi connectivity index (χ0v) is 6.21. The quantitative estimate of drug-likeness (QED) is 0.360. The van der Waals surface area contributed by atoms with Gasteiger partial charge in [-0.25, -0.2) is 0 Å². The van der Waals surface area contributed by atoms with Gasteiger partial charge >= 0.3 is 27.2 Å². The van der Waals surface area contributed by atoms with E-state index in [2.05, 4.69) is 0 Å². The van der Waals surface area contributed by atoms with Crippen LogP contribution in [0.2, 0.25) is 0 Å². The molecule has 7 heavy (non-hydrogen) atoms. The Labute approximate surface area is 64.2 Å². The zero-order valence-electron chi connectivity index (χ0n) is 3.22. The third-order valence-electron chi connectivity index (χ3n) is 0. The number of hydrogen-bond donors (Lipinski definition) is 0. The molecule has 7 heteroatoms. The van der Waals surface area contributed by atoms with Crippen LogP contribution in [0.15, 0.2) is 0 Å². The fourth-order valence-electron chi connectivity index (χ4n) is 0. The zero-order chi connectivity index (χ0) is 3.58. The maximum atomic E-state index is 8.52. The molecule has 0 aliphatic heterocycles. The van der Waals surface area contributed by atoms with Gasteiger partial charge in [0.05, 0.1) is 0 Å². The van der Waals surface area contributed by atoms with Gasteiger partial charge in [0.1, 0.15) is 0 Å². The molecule has 0 bridgehead atoms. The molecule has 0 aromatic rings. The van der Waals surface area contributed by atoms with E-state index < -0.39 is 9.17 Å². The summed E-state index contributed by atoms with van der Waals surface area (Å²) in [6, 6.07) is 0. The second-order valence-electron chi connectivity index (χ2n) is 0.250. The average Bonchev–Trinajstić information content (AvgIpc) is 0.811. The van der Waals surface area contributed by atoms with Crippen molar-refractivity contribution in [1.29, 1.82) is 0 Å². The van der Waals surface area contributed by atoms with E-state index >= 15 is 0 Å². The van der Waals surface area contributed by atoms with Gasteiger partial charge in [-0.15, -0.1) is 0 Å². The summed E-state index contributed by atoms with van der Waals surface area (Å²) in [5.41, 5.74) is 0. The van der Waals surface area contributed by atoms with Crippen molar-refractivity contribution < 1.29 is 31.1 Å². The molecule has 1 radical (unpaired) electrons.